The Labute approximate surface area is 182 Å². The van der Waals surface area contributed by atoms with Crippen LogP contribution in [0.5, 0.6) is 0 Å². The Hall–Kier alpha value is -3.22. The quantitative estimate of drug-likeness (QED) is 0.561. The van der Waals surface area contributed by atoms with Crippen molar-refractivity contribution in [3.05, 3.63) is 53.0 Å². The molecule has 7 heteroatoms. The Bertz CT molecular complexity index is 1050. The highest BCUT2D eigenvalue weighted by molar-refractivity contribution is 5.74. The Balaban J connectivity index is 1.57. The molecule has 1 saturated carbocycles. The van der Waals surface area contributed by atoms with Crippen molar-refractivity contribution in [2.24, 2.45) is 5.73 Å². The van der Waals surface area contributed by atoms with Crippen LogP contribution >= 0.6 is 0 Å². The first-order chi connectivity index (χ1) is 15.0. The van der Waals surface area contributed by atoms with E-state index in [-0.39, 0.29) is 5.91 Å². The fraction of sp³-hybridized carbons (Fsp3) is 0.417. The van der Waals surface area contributed by atoms with Crippen LogP contribution in [-0.2, 0) is 11.2 Å². The molecule has 3 aromatic rings. The first-order valence-electron chi connectivity index (χ1n) is 11.0. The van der Waals surface area contributed by atoms with Crippen LogP contribution in [0, 0.1) is 13.8 Å². The minimum absolute atomic E-state index is 0.292. The summed E-state index contributed by atoms with van der Waals surface area (Å²) in [6, 6.07) is 7.87. The van der Waals surface area contributed by atoms with Crippen molar-refractivity contribution in [2.75, 3.05) is 5.32 Å². The van der Waals surface area contributed by atoms with Crippen LogP contribution in [0.15, 0.2) is 35.0 Å². The van der Waals surface area contributed by atoms with Crippen molar-refractivity contribution in [3.8, 4) is 11.3 Å². The third-order valence-corrected chi connectivity index (χ3v) is 5.96. The molecule has 1 aliphatic rings. The summed E-state index contributed by atoms with van der Waals surface area (Å²) in [5, 5.41) is 7.70. The van der Waals surface area contributed by atoms with Crippen molar-refractivity contribution in [3.63, 3.8) is 0 Å². The van der Waals surface area contributed by atoms with Crippen LogP contribution in [0.2, 0.25) is 0 Å². The summed E-state index contributed by atoms with van der Waals surface area (Å²) in [5.74, 6) is 1.46. The van der Waals surface area contributed by atoms with Gasteiger partial charge in [-0.25, -0.2) is 9.97 Å². The highest BCUT2D eigenvalue weighted by atomic mass is 16.5. The number of hydrogen-bond donors (Lipinski definition) is 2. The zero-order valence-corrected chi connectivity index (χ0v) is 18.1. The molecule has 0 atom stereocenters. The zero-order chi connectivity index (χ0) is 21.8. The number of nitrogens with two attached hydrogens (primary N) is 1. The molecule has 2 heterocycles. The largest absolute Gasteiger partial charge is 0.370 e. The normalized spacial score (nSPS) is 14.5. The summed E-state index contributed by atoms with van der Waals surface area (Å²) >= 11 is 0. The molecule has 1 aromatic carbocycles. The van der Waals surface area contributed by atoms with Crippen LogP contribution < -0.4 is 11.1 Å². The summed E-state index contributed by atoms with van der Waals surface area (Å²) in [5.41, 5.74) is 11.1. The summed E-state index contributed by atoms with van der Waals surface area (Å²) < 4.78 is 5.61. The molecule has 1 fully saturated rings. The molecule has 0 spiro atoms. The molecule has 2 aromatic heterocycles. The number of nitrogens with one attached hydrogen (secondary N) is 1. The molecule has 31 heavy (non-hydrogen) atoms. The van der Waals surface area contributed by atoms with E-state index in [4.69, 9.17) is 15.2 Å². The number of primary amides is 1. The van der Waals surface area contributed by atoms with Gasteiger partial charge < -0.3 is 15.6 Å². The number of benzene rings is 1. The molecule has 3 N–H and O–H groups in total. The van der Waals surface area contributed by atoms with Crippen molar-refractivity contribution in [1.29, 1.82) is 0 Å². The van der Waals surface area contributed by atoms with Gasteiger partial charge in [0.15, 0.2) is 0 Å². The number of carbonyl (C=O) groups excluding carboxylic acids is 1. The van der Waals surface area contributed by atoms with Gasteiger partial charge in [0.1, 0.15) is 5.76 Å². The molecule has 4 rings (SSSR count). The molecule has 0 bridgehead atoms. The van der Waals surface area contributed by atoms with Crippen molar-refractivity contribution < 1.29 is 9.32 Å². The van der Waals surface area contributed by atoms with Crippen LogP contribution in [0.1, 0.15) is 67.0 Å². The fourth-order valence-corrected chi connectivity index (χ4v) is 4.24. The second kappa shape index (κ2) is 9.29. The van der Waals surface area contributed by atoms with E-state index in [1.54, 1.807) is 0 Å². The van der Waals surface area contributed by atoms with Gasteiger partial charge >= 0.3 is 0 Å². The summed E-state index contributed by atoms with van der Waals surface area (Å²) in [6.45, 7) is 3.97. The lowest BCUT2D eigenvalue weighted by Gasteiger charge is -2.20. The van der Waals surface area contributed by atoms with E-state index in [9.17, 15) is 4.79 Å². The molecule has 162 valence electrons. The third-order valence-electron chi connectivity index (χ3n) is 5.96. The monoisotopic (exact) mass is 419 g/mol. The standard InChI is InChI=1S/C24H29N5O2/c1-15-14-26-24(27-19-11-8-17(9-12-19)10-13-20(25)30)28-22(15)21-16(2)31-29-23(21)18-6-4-3-5-7-18/h8-9,11-12,14,18H,3-7,10,13H2,1-2H3,(H2,25,30)(H,26,27,28). The molecular weight excluding hydrogens is 390 g/mol. The number of anilines is 2. The van der Waals surface area contributed by atoms with Gasteiger partial charge in [0.25, 0.3) is 0 Å². The van der Waals surface area contributed by atoms with E-state index in [0.717, 1.165) is 52.4 Å². The SMILES string of the molecule is Cc1cnc(Nc2ccc(CCC(N)=O)cc2)nc1-c1c(C2CCCCC2)noc1C. The molecular formula is C24H29N5O2. The average Bonchev–Trinajstić information content (AvgIpc) is 3.16. The van der Waals surface area contributed by atoms with Gasteiger partial charge in [0, 0.05) is 24.2 Å². The number of aryl methyl sites for hydroxylation is 3. The van der Waals surface area contributed by atoms with Crippen molar-refractivity contribution in [1.82, 2.24) is 15.1 Å². The van der Waals surface area contributed by atoms with Gasteiger partial charge in [-0.15, -0.1) is 0 Å². The molecule has 0 radical (unpaired) electrons. The Morgan fingerprint density at radius 3 is 2.61 bits per heavy atom. The Kier molecular flexibility index (Phi) is 6.30. The summed E-state index contributed by atoms with van der Waals surface area (Å²) in [6.07, 6.45) is 8.89. The van der Waals surface area contributed by atoms with Gasteiger partial charge in [-0.1, -0.05) is 36.6 Å². The topological polar surface area (TPSA) is 107 Å². The van der Waals surface area contributed by atoms with E-state index in [2.05, 4.69) is 15.5 Å². The lowest BCUT2D eigenvalue weighted by Crippen LogP contribution is -2.11. The van der Waals surface area contributed by atoms with E-state index < -0.39 is 0 Å². The van der Waals surface area contributed by atoms with Gasteiger partial charge in [-0.2, -0.15) is 0 Å². The molecule has 0 unspecified atom stereocenters. The zero-order valence-electron chi connectivity index (χ0n) is 18.1. The second-order valence-electron chi connectivity index (χ2n) is 8.35. The number of hydrogen-bond acceptors (Lipinski definition) is 6. The third kappa shape index (κ3) is 4.93. The summed E-state index contributed by atoms with van der Waals surface area (Å²) in [4.78, 5) is 20.3. The Morgan fingerprint density at radius 2 is 1.90 bits per heavy atom. The van der Waals surface area contributed by atoms with Crippen LogP contribution in [0.25, 0.3) is 11.3 Å². The predicted molar refractivity (Wildman–Crippen MR) is 120 cm³/mol. The molecule has 7 nitrogen and oxygen atoms in total. The number of rotatable bonds is 7. The number of nitrogens with zero attached hydrogens (tertiary/aromatic N) is 3. The van der Waals surface area contributed by atoms with E-state index in [1.165, 1.54) is 19.3 Å². The number of aromatic nitrogens is 3. The summed E-state index contributed by atoms with van der Waals surface area (Å²) in [7, 11) is 0. The molecule has 1 aliphatic carbocycles. The van der Waals surface area contributed by atoms with Gasteiger partial charge in [0.05, 0.1) is 17.0 Å². The second-order valence-corrected chi connectivity index (χ2v) is 8.35. The Morgan fingerprint density at radius 1 is 1.16 bits per heavy atom. The van der Waals surface area contributed by atoms with E-state index in [0.29, 0.717) is 24.7 Å². The average molecular weight is 420 g/mol. The highest BCUT2D eigenvalue weighted by Crippen LogP contribution is 2.39. The van der Waals surface area contributed by atoms with E-state index >= 15 is 0 Å². The maximum absolute atomic E-state index is 11.0. The van der Waals surface area contributed by atoms with Crippen LogP contribution in [0.4, 0.5) is 11.6 Å². The first-order valence-corrected chi connectivity index (χ1v) is 11.0. The van der Waals surface area contributed by atoms with Crippen molar-refractivity contribution in [2.45, 2.75) is 64.7 Å². The van der Waals surface area contributed by atoms with Gasteiger partial charge in [0.2, 0.25) is 11.9 Å². The van der Waals surface area contributed by atoms with Crippen LogP contribution in [0.3, 0.4) is 0 Å². The van der Waals surface area contributed by atoms with E-state index in [1.807, 2.05) is 44.3 Å². The fourth-order valence-electron chi connectivity index (χ4n) is 4.24. The molecule has 0 aliphatic heterocycles. The maximum atomic E-state index is 11.0. The highest BCUT2D eigenvalue weighted by Gasteiger charge is 2.26. The predicted octanol–water partition coefficient (Wildman–Crippen LogP) is 4.96. The lowest BCUT2D eigenvalue weighted by atomic mass is 9.84. The molecule has 0 saturated heterocycles. The van der Waals surface area contributed by atoms with Gasteiger partial charge in [-0.05, 0) is 56.4 Å². The lowest BCUT2D eigenvalue weighted by molar-refractivity contribution is -0.117. The first kappa shape index (κ1) is 21.0. The van der Waals surface area contributed by atoms with Crippen LogP contribution in [-0.4, -0.2) is 21.0 Å². The smallest absolute Gasteiger partial charge is 0.227 e. The maximum Gasteiger partial charge on any atom is 0.227 e. The number of amides is 1. The number of carbonyl (C=O) groups is 1. The molecule has 1 amide bonds. The van der Waals surface area contributed by atoms with Gasteiger partial charge in [-0.3, -0.25) is 4.79 Å². The van der Waals surface area contributed by atoms with Crippen molar-refractivity contribution >= 4 is 17.5 Å². The minimum Gasteiger partial charge on any atom is -0.370 e. The minimum atomic E-state index is -0.292.